The number of hydrogen-bond acceptors (Lipinski definition) is 5. The summed E-state index contributed by atoms with van der Waals surface area (Å²) >= 11 is 5.88. The van der Waals surface area contributed by atoms with E-state index in [4.69, 9.17) is 16.3 Å². The van der Waals surface area contributed by atoms with Crippen LogP contribution in [0.15, 0.2) is 18.2 Å². The fourth-order valence-corrected chi connectivity index (χ4v) is 1.79. The molecule has 6 heteroatoms. The second-order valence-electron chi connectivity index (χ2n) is 4.50. The molecule has 0 atom stereocenters. The zero-order valence-corrected chi connectivity index (χ0v) is 12.5. The van der Waals surface area contributed by atoms with Gasteiger partial charge in [0.2, 0.25) is 11.2 Å². The quantitative estimate of drug-likeness (QED) is 0.911. The molecule has 1 aromatic heterocycles. The van der Waals surface area contributed by atoms with Gasteiger partial charge >= 0.3 is 6.01 Å². The number of aryl methyl sites for hydroxylation is 2. The molecule has 2 aromatic rings. The Morgan fingerprint density at radius 2 is 2.00 bits per heavy atom. The van der Waals surface area contributed by atoms with Gasteiger partial charge in [-0.2, -0.15) is 15.0 Å². The van der Waals surface area contributed by atoms with Crippen LogP contribution in [0.5, 0.6) is 6.01 Å². The standard InChI is InChI=1S/C14H17ClN4O/c1-4-7-20-14-18-12(15)17-13(19-14)16-11-8-9(2)5-6-10(11)3/h5-6,8H,4,7H2,1-3H3,(H,16,17,18,19). The van der Waals surface area contributed by atoms with Crippen LogP contribution in [-0.4, -0.2) is 21.6 Å². The van der Waals surface area contributed by atoms with E-state index in [1.54, 1.807) is 0 Å². The van der Waals surface area contributed by atoms with Crippen LogP contribution in [0.2, 0.25) is 5.28 Å². The van der Waals surface area contributed by atoms with Crippen LogP contribution in [-0.2, 0) is 0 Å². The van der Waals surface area contributed by atoms with Crippen molar-refractivity contribution in [2.24, 2.45) is 0 Å². The number of halogens is 1. The van der Waals surface area contributed by atoms with Gasteiger partial charge < -0.3 is 10.1 Å². The average molecular weight is 293 g/mol. The lowest BCUT2D eigenvalue weighted by molar-refractivity contribution is 0.292. The van der Waals surface area contributed by atoms with E-state index in [0.29, 0.717) is 12.6 Å². The molecule has 20 heavy (non-hydrogen) atoms. The maximum atomic E-state index is 5.88. The van der Waals surface area contributed by atoms with E-state index in [0.717, 1.165) is 23.2 Å². The van der Waals surface area contributed by atoms with Crippen LogP contribution in [0.4, 0.5) is 11.6 Å². The monoisotopic (exact) mass is 292 g/mol. The van der Waals surface area contributed by atoms with Gasteiger partial charge in [-0.25, -0.2) is 0 Å². The third kappa shape index (κ3) is 3.81. The largest absolute Gasteiger partial charge is 0.463 e. The molecule has 0 saturated carbocycles. The predicted octanol–water partition coefficient (Wildman–Crippen LogP) is 3.67. The van der Waals surface area contributed by atoms with Crippen molar-refractivity contribution < 1.29 is 4.74 Å². The molecule has 0 spiro atoms. The summed E-state index contributed by atoms with van der Waals surface area (Å²) in [5.74, 6) is 0.379. The first-order chi connectivity index (χ1) is 9.58. The van der Waals surface area contributed by atoms with E-state index in [1.165, 1.54) is 0 Å². The summed E-state index contributed by atoms with van der Waals surface area (Å²) in [6.07, 6.45) is 0.878. The van der Waals surface area contributed by atoms with Crippen LogP contribution in [0.1, 0.15) is 24.5 Å². The summed E-state index contributed by atoms with van der Waals surface area (Å²) in [6.45, 7) is 6.60. The molecule has 0 fully saturated rings. The van der Waals surface area contributed by atoms with Gasteiger partial charge in [-0.3, -0.25) is 0 Å². The van der Waals surface area contributed by atoms with Crippen molar-refractivity contribution in [3.63, 3.8) is 0 Å². The Morgan fingerprint density at radius 1 is 1.20 bits per heavy atom. The average Bonchev–Trinajstić information content (AvgIpc) is 2.40. The molecule has 106 valence electrons. The summed E-state index contributed by atoms with van der Waals surface area (Å²) in [4.78, 5) is 12.2. The van der Waals surface area contributed by atoms with Gasteiger partial charge in [-0.15, -0.1) is 0 Å². The number of nitrogens with zero attached hydrogens (tertiary/aromatic N) is 3. The second kappa shape index (κ2) is 6.52. The third-order valence-electron chi connectivity index (χ3n) is 2.66. The first-order valence-electron chi connectivity index (χ1n) is 6.47. The number of hydrogen-bond donors (Lipinski definition) is 1. The molecule has 0 aliphatic heterocycles. The van der Waals surface area contributed by atoms with Crippen molar-refractivity contribution in [2.75, 3.05) is 11.9 Å². The van der Waals surface area contributed by atoms with Gasteiger partial charge in [0.1, 0.15) is 0 Å². The summed E-state index contributed by atoms with van der Waals surface area (Å²) in [6, 6.07) is 6.35. The van der Waals surface area contributed by atoms with Gasteiger partial charge in [0, 0.05) is 5.69 Å². The molecule has 0 unspecified atom stereocenters. The lowest BCUT2D eigenvalue weighted by Gasteiger charge is -2.10. The summed E-state index contributed by atoms with van der Waals surface area (Å²) in [5.41, 5.74) is 3.19. The topological polar surface area (TPSA) is 59.9 Å². The highest BCUT2D eigenvalue weighted by molar-refractivity contribution is 6.28. The molecule has 0 saturated heterocycles. The van der Waals surface area contributed by atoms with Crippen LogP contribution < -0.4 is 10.1 Å². The van der Waals surface area contributed by atoms with Crippen molar-refractivity contribution in [3.05, 3.63) is 34.6 Å². The minimum absolute atomic E-state index is 0.110. The number of anilines is 2. The van der Waals surface area contributed by atoms with E-state index < -0.39 is 0 Å². The molecule has 1 N–H and O–H groups in total. The minimum Gasteiger partial charge on any atom is -0.463 e. The molecular formula is C14H17ClN4O. The highest BCUT2D eigenvalue weighted by Crippen LogP contribution is 2.21. The Bertz CT molecular complexity index is 604. The number of aromatic nitrogens is 3. The van der Waals surface area contributed by atoms with E-state index in [-0.39, 0.29) is 11.3 Å². The van der Waals surface area contributed by atoms with Gasteiger partial charge in [-0.05, 0) is 49.1 Å². The molecular weight excluding hydrogens is 276 g/mol. The van der Waals surface area contributed by atoms with E-state index in [2.05, 4.69) is 26.3 Å². The summed E-state index contributed by atoms with van der Waals surface area (Å²) in [5, 5.41) is 3.25. The van der Waals surface area contributed by atoms with Crippen molar-refractivity contribution in [1.29, 1.82) is 0 Å². The smallest absolute Gasteiger partial charge is 0.322 e. The Labute approximate surface area is 123 Å². The van der Waals surface area contributed by atoms with Gasteiger partial charge in [0.05, 0.1) is 6.61 Å². The highest BCUT2D eigenvalue weighted by atomic mass is 35.5. The fraction of sp³-hybridized carbons (Fsp3) is 0.357. The molecule has 1 aromatic carbocycles. The second-order valence-corrected chi connectivity index (χ2v) is 4.84. The normalized spacial score (nSPS) is 10.4. The molecule has 0 aliphatic carbocycles. The van der Waals surface area contributed by atoms with Gasteiger partial charge in [-0.1, -0.05) is 19.1 Å². The fourth-order valence-electron chi connectivity index (χ4n) is 1.64. The SMILES string of the molecule is CCCOc1nc(Cl)nc(Nc2cc(C)ccc2C)n1. The molecule has 1 heterocycles. The van der Waals surface area contributed by atoms with Crippen LogP contribution in [0, 0.1) is 13.8 Å². The molecule has 0 amide bonds. The Morgan fingerprint density at radius 3 is 2.75 bits per heavy atom. The van der Waals surface area contributed by atoms with Crippen LogP contribution in [0.25, 0.3) is 0 Å². The number of nitrogens with one attached hydrogen (secondary N) is 1. The van der Waals surface area contributed by atoms with Crippen molar-refractivity contribution in [3.8, 4) is 6.01 Å². The Balaban J connectivity index is 2.24. The zero-order valence-electron chi connectivity index (χ0n) is 11.8. The molecule has 0 aliphatic rings. The summed E-state index contributed by atoms with van der Waals surface area (Å²) in [7, 11) is 0. The maximum Gasteiger partial charge on any atom is 0.322 e. The summed E-state index contributed by atoms with van der Waals surface area (Å²) < 4.78 is 5.38. The lowest BCUT2D eigenvalue weighted by atomic mass is 10.1. The number of ether oxygens (including phenoxy) is 1. The van der Waals surface area contributed by atoms with Crippen molar-refractivity contribution >= 4 is 23.2 Å². The molecule has 0 bridgehead atoms. The van der Waals surface area contributed by atoms with Crippen molar-refractivity contribution in [2.45, 2.75) is 27.2 Å². The van der Waals surface area contributed by atoms with Crippen molar-refractivity contribution in [1.82, 2.24) is 15.0 Å². The first kappa shape index (κ1) is 14.5. The van der Waals surface area contributed by atoms with E-state index in [1.807, 2.05) is 32.9 Å². The van der Waals surface area contributed by atoms with Crippen LogP contribution >= 0.6 is 11.6 Å². The maximum absolute atomic E-state index is 5.88. The van der Waals surface area contributed by atoms with E-state index >= 15 is 0 Å². The lowest BCUT2D eigenvalue weighted by Crippen LogP contribution is -2.05. The Kier molecular flexibility index (Phi) is 4.74. The van der Waals surface area contributed by atoms with Crippen LogP contribution in [0.3, 0.4) is 0 Å². The molecule has 5 nitrogen and oxygen atoms in total. The highest BCUT2D eigenvalue weighted by Gasteiger charge is 2.07. The number of benzene rings is 1. The Hall–Kier alpha value is -1.88. The van der Waals surface area contributed by atoms with E-state index in [9.17, 15) is 0 Å². The zero-order chi connectivity index (χ0) is 14.5. The molecule has 0 radical (unpaired) electrons. The molecule has 2 rings (SSSR count). The van der Waals surface area contributed by atoms with Gasteiger partial charge in [0.25, 0.3) is 0 Å². The predicted molar refractivity (Wildman–Crippen MR) is 79.8 cm³/mol. The first-order valence-corrected chi connectivity index (χ1v) is 6.85. The minimum atomic E-state index is 0.110. The number of rotatable bonds is 5. The van der Waals surface area contributed by atoms with Gasteiger partial charge in [0.15, 0.2) is 0 Å². The third-order valence-corrected chi connectivity index (χ3v) is 2.83.